The van der Waals surface area contributed by atoms with Crippen molar-refractivity contribution in [2.45, 2.75) is 24.6 Å². The van der Waals surface area contributed by atoms with Crippen molar-refractivity contribution in [1.82, 2.24) is 0 Å². The minimum atomic E-state index is -0.189. The van der Waals surface area contributed by atoms with Gasteiger partial charge in [0, 0.05) is 0 Å². The second-order valence-electron chi connectivity index (χ2n) is 5.24. The summed E-state index contributed by atoms with van der Waals surface area (Å²) in [6.45, 7) is 2.71. The molecule has 1 nitrogen and oxygen atoms in total. The van der Waals surface area contributed by atoms with Crippen LogP contribution in [-0.2, 0) is 6.42 Å². The quantitative estimate of drug-likeness (QED) is 0.706. The van der Waals surface area contributed by atoms with Crippen molar-refractivity contribution >= 4 is 15.9 Å². The normalized spacial score (nSPS) is 15.3. The van der Waals surface area contributed by atoms with Crippen LogP contribution in [0.2, 0.25) is 0 Å². The van der Waals surface area contributed by atoms with E-state index in [1.807, 2.05) is 25.1 Å². The van der Waals surface area contributed by atoms with Crippen LogP contribution < -0.4 is 4.74 Å². The van der Waals surface area contributed by atoms with Gasteiger partial charge in [-0.15, -0.1) is 0 Å². The molecule has 0 aliphatic carbocycles. The highest BCUT2D eigenvalue weighted by Gasteiger charge is 2.16. The molecule has 104 valence electrons. The van der Waals surface area contributed by atoms with Gasteiger partial charge in [0.2, 0.25) is 0 Å². The average Bonchev–Trinajstić information content (AvgIpc) is 2.45. The van der Waals surface area contributed by atoms with Gasteiger partial charge in [0.25, 0.3) is 0 Å². The number of benzene rings is 2. The van der Waals surface area contributed by atoms with Crippen molar-refractivity contribution in [3.63, 3.8) is 0 Å². The number of hydrogen-bond donors (Lipinski definition) is 0. The highest BCUT2D eigenvalue weighted by atomic mass is 79.9. The maximum Gasteiger partial charge on any atom is 0.123 e. The highest BCUT2D eigenvalue weighted by Crippen LogP contribution is 2.35. The molecule has 1 aliphatic rings. The summed E-state index contributed by atoms with van der Waals surface area (Å²) in [7, 11) is 0. The maximum atomic E-state index is 13.5. The van der Waals surface area contributed by atoms with Gasteiger partial charge in [-0.2, -0.15) is 0 Å². The lowest BCUT2D eigenvalue weighted by molar-refractivity contribution is 0.288. The van der Waals surface area contributed by atoms with E-state index < -0.39 is 0 Å². The van der Waals surface area contributed by atoms with E-state index in [2.05, 4.69) is 22.0 Å². The topological polar surface area (TPSA) is 9.23 Å². The van der Waals surface area contributed by atoms with Crippen LogP contribution in [0.3, 0.4) is 0 Å². The first-order valence-electron chi connectivity index (χ1n) is 6.80. The Balaban J connectivity index is 1.95. The van der Waals surface area contributed by atoms with Crippen molar-refractivity contribution in [2.75, 3.05) is 6.61 Å². The fourth-order valence-electron chi connectivity index (χ4n) is 2.64. The summed E-state index contributed by atoms with van der Waals surface area (Å²) in [4.78, 5) is 0.00382. The van der Waals surface area contributed by atoms with Gasteiger partial charge in [0.1, 0.15) is 11.6 Å². The molecule has 0 bridgehead atoms. The Hall–Kier alpha value is -1.35. The SMILES string of the molecule is Cc1cc(F)cc(C(Br)c2ccc3c(c2)CCCO3)c1. The van der Waals surface area contributed by atoms with Gasteiger partial charge in [0.05, 0.1) is 11.4 Å². The molecule has 0 spiro atoms. The van der Waals surface area contributed by atoms with Crippen LogP contribution in [0.5, 0.6) is 5.75 Å². The van der Waals surface area contributed by atoms with Gasteiger partial charge >= 0.3 is 0 Å². The molecule has 1 heterocycles. The van der Waals surface area contributed by atoms with E-state index in [9.17, 15) is 4.39 Å². The van der Waals surface area contributed by atoms with E-state index in [1.54, 1.807) is 12.1 Å². The zero-order valence-electron chi connectivity index (χ0n) is 11.3. The first-order valence-corrected chi connectivity index (χ1v) is 7.72. The number of halogens is 2. The minimum Gasteiger partial charge on any atom is -0.493 e. The van der Waals surface area contributed by atoms with Gasteiger partial charge in [-0.1, -0.05) is 34.1 Å². The number of aryl methyl sites for hydroxylation is 2. The predicted molar refractivity (Wildman–Crippen MR) is 82.2 cm³/mol. The first kappa shape index (κ1) is 13.6. The second-order valence-corrected chi connectivity index (χ2v) is 6.16. The lowest BCUT2D eigenvalue weighted by Gasteiger charge is -2.19. The van der Waals surface area contributed by atoms with Gasteiger partial charge in [0.15, 0.2) is 0 Å². The van der Waals surface area contributed by atoms with Crippen molar-refractivity contribution in [3.8, 4) is 5.75 Å². The Kier molecular flexibility index (Phi) is 3.79. The van der Waals surface area contributed by atoms with Crippen LogP contribution in [0.15, 0.2) is 36.4 Å². The van der Waals surface area contributed by atoms with Crippen LogP contribution in [0.25, 0.3) is 0 Å². The van der Waals surface area contributed by atoms with Crippen LogP contribution >= 0.6 is 15.9 Å². The molecule has 1 aliphatic heterocycles. The summed E-state index contributed by atoms with van der Waals surface area (Å²) < 4.78 is 19.2. The summed E-state index contributed by atoms with van der Waals surface area (Å²) in [6, 6.07) is 11.4. The summed E-state index contributed by atoms with van der Waals surface area (Å²) in [5.41, 5.74) is 4.26. The highest BCUT2D eigenvalue weighted by molar-refractivity contribution is 9.09. The molecular formula is C17H16BrFO. The van der Waals surface area contributed by atoms with Crippen molar-refractivity contribution in [3.05, 3.63) is 64.5 Å². The molecule has 1 unspecified atom stereocenters. The van der Waals surface area contributed by atoms with Crippen molar-refractivity contribution in [1.29, 1.82) is 0 Å². The Bertz CT molecular complexity index is 619. The van der Waals surface area contributed by atoms with Crippen LogP contribution in [0, 0.1) is 12.7 Å². The number of fused-ring (bicyclic) bond motifs is 1. The van der Waals surface area contributed by atoms with Crippen molar-refractivity contribution < 1.29 is 9.13 Å². The fourth-order valence-corrected chi connectivity index (χ4v) is 3.19. The Morgan fingerprint density at radius 3 is 2.80 bits per heavy atom. The zero-order valence-corrected chi connectivity index (χ0v) is 12.9. The van der Waals surface area contributed by atoms with E-state index in [4.69, 9.17) is 4.74 Å². The van der Waals surface area contributed by atoms with E-state index >= 15 is 0 Å². The second kappa shape index (κ2) is 5.57. The largest absolute Gasteiger partial charge is 0.493 e. The number of rotatable bonds is 2. The monoisotopic (exact) mass is 334 g/mol. The Morgan fingerprint density at radius 1 is 1.15 bits per heavy atom. The van der Waals surface area contributed by atoms with Crippen LogP contribution in [-0.4, -0.2) is 6.61 Å². The lowest BCUT2D eigenvalue weighted by atomic mass is 9.98. The third-order valence-corrected chi connectivity index (χ3v) is 4.64. The van der Waals surface area contributed by atoms with Gasteiger partial charge in [-0.05, 0) is 60.2 Å². The van der Waals surface area contributed by atoms with E-state index in [-0.39, 0.29) is 10.6 Å². The summed E-state index contributed by atoms with van der Waals surface area (Å²) in [6.07, 6.45) is 2.10. The third kappa shape index (κ3) is 2.73. The molecule has 0 N–H and O–H groups in total. The molecule has 20 heavy (non-hydrogen) atoms. The number of hydrogen-bond acceptors (Lipinski definition) is 1. The Morgan fingerprint density at radius 2 is 2.00 bits per heavy atom. The summed E-state index contributed by atoms with van der Waals surface area (Å²) >= 11 is 3.68. The smallest absolute Gasteiger partial charge is 0.123 e. The molecule has 0 amide bonds. The molecule has 0 saturated heterocycles. The lowest BCUT2D eigenvalue weighted by Crippen LogP contribution is -2.09. The molecular weight excluding hydrogens is 319 g/mol. The standard InChI is InChI=1S/C17H16BrFO/c1-11-7-14(10-15(19)8-11)17(18)13-4-5-16-12(9-13)3-2-6-20-16/h4-5,7-10,17H,2-3,6H2,1H3. The first-order chi connectivity index (χ1) is 9.63. The Labute approximate surface area is 126 Å². The molecule has 0 aromatic heterocycles. The molecule has 3 rings (SSSR count). The van der Waals surface area contributed by atoms with Gasteiger partial charge < -0.3 is 4.74 Å². The number of ether oxygens (including phenoxy) is 1. The van der Waals surface area contributed by atoms with E-state index in [0.29, 0.717) is 0 Å². The van der Waals surface area contributed by atoms with Gasteiger partial charge in [-0.3, -0.25) is 0 Å². The molecule has 1 atom stereocenters. The van der Waals surface area contributed by atoms with E-state index in [0.717, 1.165) is 41.9 Å². The fraction of sp³-hybridized carbons (Fsp3) is 0.294. The molecule has 3 heteroatoms. The molecule has 0 fully saturated rings. The third-order valence-electron chi connectivity index (χ3n) is 3.58. The molecule has 2 aromatic carbocycles. The van der Waals surface area contributed by atoms with Crippen molar-refractivity contribution in [2.24, 2.45) is 0 Å². The summed E-state index contributed by atoms with van der Waals surface area (Å²) in [5, 5.41) is 0. The minimum absolute atomic E-state index is 0.00382. The van der Waals surface area contributed by atoms with E-state index in [1.165, 1.54) is 5.56 Å². The molecule has 2 aromatic rings. The van der Waals surface area contributed by atoms with Crippen LogP contribution in [0.1, 0.15) is 33.5 Å². The predicted octanol–water partition coefficient (Wildman–Crippen LogP) is 4.94. The average molecular weight is 335 g/mol. The maximum absolute atomic E-state index is 13.5. The number of alkyl halides is 1. The summed E-state index contributed by atoms with van der Waals surface area (Å²) in [5.74, 6) is 0.792. The molecule has 0 saturated carbocycles. The van der Waals surface area contributed by atoms with Gasteiger partial charge in [-0.25, -0.2) is 4.39 Å². The van der Waals surface area contributed by atoms with Crippen LogP contribution in [0.4, 0.5) is 4.39 Å². The zero-order chi connectivity index (χ0) is 14.1. The molecule has 0 radical (unpaired) electrons.